The molecule has 2 nitrogen and oxygen atoms in total. The van der Waals surface area contributed by atoms with E-state index in [2.05, 4.69) is 29.6 Å². The zero-order valence-corrected chi connectivity index (χ0v) is 9.08. The van der Waals surface area contributed by atoms with Crippen molar-refractivity contribution in [1.29, 1.82) is 0 Å². The minimum absolute atomic E-state index is 0.851. The highest BCUT2D eigenvalue weighted by atomic mass is 16.3. The predicted octanol–water partition coefficient (Wildman–Crippen LogP) is 3.22. The van der Waals surface area contributed by atoms with Crippen LogP contribution in [0.4, 0.5) is 5.69 Å². The number of furan rings is 1. The summed E-state index contributed by atoms with van der Waals surface area (Å²) in [6.07, 6.45) is 0.851. The van der Waals surface area contributed by atoms with E-state index in [-0.39, 0.29) is 0 Å². The largest absolute Gasteiger partial charge is 0.466 e. The molecule has 78 valence electrons. The Morgan fingerprint density at radius 3 is 2.73 bits per heavy atom. The van der Waals surface area contributed by atoms with Gasteiger partial charge in [-0.2, -0.15) is 0 Å². The van der Waals surface area contributed by atoms with Gasteiger partial charge < -0.3 is 9.73 Å². The second-order valence-electron chi connectivity index (χ2n) is 3.64. The van der Waals surface area contributed by atoms with E-state index in [0.29, 0.717) is 0 Å². The Labute approximate surface area is 89.9 Å². The molecule has 0 fully saturated rings. The van der Waals surface area contributed by atoms with Crippen molar-refractivity contribution >= 4 is 5.69 Å². The molecule has 0 spiro atoms. The Hall–Kier alpha value is -1.70. The van der Waals surface area contributed by atoms with Gasteiger partial charge in [-0.25, -0.2) is 0 Å². The molecule has 1 N–H and O–H groups in total. The molecule has 0 saturated carbocycles. The fraction of sp³-hybridized carbons (Fsp3) is 0.231. The van der Waals surface area contributed by atoms with Gasteiger partial charge in [-0.1, -0.05) is 12.1 Å². The standard InChI is InChI=1S/C13H15NO/c1-10-6-7-13(15-10)9-11-4-3-5-12(8-11)14-2/h3-8,14H,9H2,1-2H3. The summed E-state index contributed by atoms with van der Waals surface area (Å²) in [4.78, 5) is 0. The van der Waals surface area contributed by atoms with Gasteiger partial charge in [-0.05, 0) is 36.8 Å². The number of hydrogen-bond acceptors (Lipinski definition) is 2. The van der Waals surface area contributed by atoms with Crippen molar-refractivity contribution in [2.24, 2.45) is 0 Å². The van der Waals surface area contributed by atoms with Crippen LogP contribution in [-0.2, 0) is 6.42 Å². The first kappa shape index (κ1) is 9.84. The van der Waals surface area contributed by atoms with E-state index < -0.39 is 0 Å². The average Bonchev–Trinajstić information content (AvgIpc) is 2.64. The SMILES string of the molecule is CNc1cccc(Cc2ccc(C)o2)c1. The van der Waals surface area contributed by atoms with Gasteiger partial charge in [-0.3, -0.25) is 0 Å². The Morgan fingerprint density at radius 1 is 1.20 bits per heavy atom. The molecule has 0 aliphatic rings. The molecule has 0 bridgehead atoms. The molecule has 0 radical (unpaired) electrons. The van der Waals surface area contributed by atoms with Crippen LogP contribution in [0.2, 0.25) is 0 Å². The molecule has 0 amide bonds. The van der Waals surface area contributed by atoms with Crippen LogP contribution < -0.4 is 5.32 Å². The highest BCUT2D eigenvalue weighted by Gasteiger charge is 2.01. The predicted molar refractivity (Wildman–Crippen MR) is 62.2 cm³/mol. The quantitative estimate of drug-likeness (QED) is 0.824. The van der Waals surface area contributed by atoms with Crippen LogP contribution in [0.1, 0.15) is 17.1 Å². The smallest absolute Gasteiger partial charge is 0.108 e. The molecule has 0 saturated heterocycles. The maximum absolute atomic E-state index is 5.54. The molecule has 1 aromatic carbocycles. The molecule has 0 aliphatic carbocycles. The van der Waals surface area contributed by atoms with Crippen molar-refractivity contribution in [3.8, 4) is 0 Å². The number of rotatable bonds is 3. The van der Waals surface area contributed by atoms with Gasteiger partial charge >= 0.3 is 0 Å². The van der Waals surface area contributed by atoms with Crippen molar-refractivity contribution < 1.29 is 4.42 Å². The van der Waals surface area contributed by atoms with Crippen LogP contribution >= 0.6 is 0 Å². The van der Waals surface area contributed by atoms with Gasteiger partial charge in [0.2, 0.25) is 0 Å². The highest BCUT2D eigenvalue weighted by Crippen LogP contribution is 2.15. The summed E-state index contributed by atoms with van der Waals surface area (Å²) in [7, 11) is 1.93. The topological polar surface area (TPSA) is 25.2 Å². The van der Waals surface area contributed by atoms with E-state index in [1.807, 2.05) is 26.1 Å². The number of hydrogen-bond donors (Lipinski definition) is 1. The lowest BCUT2D eigenvalue weighted by molar-refractivity contribution is 0.493. The normalized spacial score (nSPS) is 10.3. The lowest BCUT2D eigenvalue weighted by atomic mass is 10.1. The fourth-order valence-corrected chi connectivity index (χ4v) is 1.62. The molecular formula is C13H15NO. The second kappa shape index (κ2) is 4.22. The lowest BCUT2D eigenvalue weighted by Crippen LogP contribution is -1.90. The summed E-state index contributed by atoms with van der Waals surface area (Å²) in [5.41, 5.74) is 2.40. The van der Waals surface area contributed by atoms with E-state index in [4.69, 9.17) is 4.42 Å². The molecular weight excluding hydrogens is 186 g/mol. The number of nitrogens with one attached hydrogen (secondary N) is 1. The molecule has 2 heteroatoms. The first-order valence-electron chi connectivity index (χ1n) is 5.10. The van der Waals surface area contributed by atoms with Crippen LogP contribution in [0.3, 0.4) is 0 Å². The summed E-state index contributed by atoms with van der Waals surface area (Å²) in [6.45, 7) is 1.97. The van der Waals surface area contributed by atoms with Crippen molar-refractivity contribution in [2.45, 2.75) is 13.3 Å². The van der Waals surface area contributed by atoms with Gasteiger partial charge in [0.15, 0.2) is 0 Å². The summed E-state index contributed by atoms with van der Waals surface area (Å²) in [5.74, 6) is 1.98. The maximum Gasteiger partial charge on any atom is 0.108 e. The third-order valence-electron chi connectivity index (χ3n) is 2.39. The molecule has 15 heavy (non-hydrogen) atoms. The molecule has 1 aromatic heterocycles. The average molecular weight is 201 g/mol. The molecule has 0 atom stereocenters. The van der Waals surface area contributed by atoms with Gasteiger partial charge in [0.1, 0.15) is 11.5 Å². The lowest BCUT2D eigenvalue weighted by Gasteiger charge is -2.02. The van der Waals surface area contributed by atoms with Crippen LogP contribution in [-0.4, -0.2) is 7.05 Å². The van der Waals surface area contributed by atoms with Crippen LogP contribution in [0.5, 0.6) is 0 Å². The third-order valence-corrected chi connectivity index (χ3v) is 2.39. The van der Waals surface area contributed by atoms with Crippen molar-refractivity contribution in [3.05, 3.63) is 53.5 Å². The number of aryl methyl sites for hydroxylation is 1. The van der Waals surface area contributed by atoms with E-state index in [9.17, 15) is 0 Å². The minimum atomic E-state index is 0.851. The molecule has 0 unspecified atom stereocenters. The van der Waals surface area contributed by atoms with Gasteiger partial charge in [0, 0.05) is 19.2 Å². The molecule has 0 aliphatic heterocycles. The van der Waals surface area contributed by atoms with Gasteiger partial charge in [-0.15, -0.1) is 0 Å². The second-order valence-corrected chi connectivity index (χ2v) is 3.64. The first-order chi connectivity index (χ1) is 7.28. The van der Waals surface area contributed by atoms with Crippen LogP contribution in [0, 0.1) is 6.92 Å². The molecule has 1 heterocycles. The minimum Gasteiger partial charge on any atom is -0.466 e. The van der Waals surface area contributed by atoms with Gasteiger partial charge in [0.25, 0.3) is 0 Å². The monoisotopic (exact) mass is 201 g/mol. The Morgan fingerprint density at radius 2 is 2.07 bits per heavy atom. The molecule has 2 aromatic rings. The highest BCUT2D eigenvalue weighted by molar-refractivity contribution is 5.45. The number of anilines is 1. The Kier molecular flexibility index (Phi) is 2.77. The Bertz CT molecular complexity index is 445. The van der Waals surface area contributed by atoms with Crippen molar-refractivity contribution in [1.82, 2.24) is 0 Å². The van der Waals surface area contributed by atoms with E-state index in [0.717, 1.165) is 23.6 Å². The number of benzene rings is 1. The van der Waals surface area contributed by atoms with Crippen LogP contribution in [0.15, 0.2) is 40.8 Å². The third kappa shape index (κ3) is 2.40. The van der Waals surface area contributed by atoms with Gasteiger partial charge in [0.05, 0.1) is 0 Å². The first-order valence-corrected chi connectivity index (χ1v) is 5.10. The van der Waals surface area contributed by atoms with E-state index in [1.54, 1.807) is 0 Å². The van der Waals surface area contributed by atoms with E-state index in [1.165, 1.54) is 5.56 Å². The van der Waals surface area contributed by atoms with Crippen LogP contribution in [0.25, 0.3) is 0 Å². The fourth-order valence-electron chi connectivity index (χ4n) is 1.62. The van der Waals surface area contributed by atoms with E-state index >= 15 is 0 Å². The molecule has 2 rings (SSSR count). The summed E-state index contributed by atoms with van der Waals surface area (Å²) in [6, 6.07) is 12.4. The summed E-state index contributed by atoms with van der Waals surface area (Å²) < 4.78 is 5.54. The maximum atomic E-state index is 5.54. The van der Waals surface area contributed by atoms with Crippen molar-refractivity contribution in [3.63, 3.8) is 0 Å². The van der Waals surface area contributed by atoms with Crippen molar-refractivity contribution in [2.75, 3.05) is 12.4 Å². The zero-order valence-electron chi connectivity index (χ0n) is 9.08. The zero-order chi connectivity index (χ0) is 10.7. The summed E-state index contributed by atoms with van der Waals surface area (Å²) >= 11 is 0. The Balaban J connectivity index is 2.16. The summed E-state index contributed by atoms with van der Waals surface area (Å²) in [5, 5.41) is 3.13.